The van der Waals surface area contributed by atoms with Crippen LogP contribution in [0.15, 0.2) is 18.3 Å². The summed E-state index contributed by atoms with van der Waals surface area (Å²) in [6, 6.07) is 3.88. The molecule has 0 saturated heterocycles. The molecule has 1 rings (SSSR count). The Labute approximate surface area is 95.7 Å². The number of amides is 1. The molecule has 0 bridgehead atoms. The quantitative estimate of drug-likeness (QED) is 0.763. The average Bonchev–Trinajstić information content (AvgIpc) is 2.26. The third kappa shape index (κ3) is 3.51. The van der Waals surface area contributed by atoms with Gasteiger partial charge >= 0.3 is 0 Å². The van der Waals surface area contributed by atoms with Crippen LogP contribution in [0.25, 0.3) is 0 Å². The second-order valence-electron chi connectivity index (χ2n) is 3.99. The fraction of sp³-hybridized carbons (Fsp3) is 0.455. The molecule has 1 atom stereocenters. The number of aromatic nitrogens is 1. The lowest BCUT2D eigenvalue weighted by Gasteiger charge is -2.20. The molecule has 5 nitrogen and oxygen atoms in total. The first-order valence-corrected chi connectivity index (χ1v) is 5.17. The van der Waals surface area contributed by atoms with Crippen molar-refractivity contribution in [3.05, 3.63) is 24.0 Å². The molecule has 0 aliphatic heterocycles. The molecule has 0 aromatic carbocycles. The van der Waals surface area contributed by atoms with Crippen molar-refractivity contribution in [3.8, 4) is 0 Å². The molecule has 0 aliphatic carbocycles. The smallest absolute Gasteiger partial charge is 0.267 e. The second kappa shape index (κ2) is 5.46. The van der Waals surface area contributed by atoms with Crippen LogP contribution in [0.4, 0.5) is 5.69 Å². The normalized spacial score (nSPS) is 12.5. The number of hydrogen-bond acceptors (Lipinski definition) is 4. The molecule has 0 saturated carbocycles. The summed E-state index contributed by atoms with van der Waals surface area (Å²) in [5.41, 5.74) is 6.29. The maximum absolute atomic E-state index is 10.9. The van der Waals surface area contributed by atoms with E-state index in [-0.39, 0.29) is 5.69 Å². The summed E-state index contributed by atoms with van der Waals surface area (Å²) >= 11 is 0. The zero-order valence-corrected chi connectivity index (χ0v) is 9.90. The first kappa shape index (κ1) is 12.4. The van der Waals surface area contributed by atoms with Crippen molar-refractivity contribution in [2.45, 2.75) is 13.0 Å². The van der Waals surface area contributed by atoms with Crippen LogP contribution in [0.2, 0.25) is 0 Å². The van der Waals surface area contributed by atoms with E-state index in [0.29, 0.717) is 6.04 Å². The third-order valence-electron chi connectivity index (χ3n) is 2.50. The Kier molecular flexibility index (Phi) is 4.25. The molecular weight excluding hydrogens is 204 g/mol. The summed E-state index contributed by atoms with van der Waals surface area (Å²) in [6.07, 6.45) is 1.57. The highest BCUT2D eigenvalue weighted by molar-refractivity contribution is 5.91. The second-order valence-corrected chi connectivity index (χ2v) is 3.99. The number of rotatable bonds is 5. The van der Waals surface area contributed by atoms with Gasteiger partial charge in [0.2, 0.25) is 0 Å². The van der Waals surface area contributed by atoms with E-state index in [0.717, 1.165) is 12.2 Å². The van der Waals surface area contributed by atoms with E-state index in [9.17, 15) is 4.79 Å². The van der Waals surface area contributed by atoms with Gasteiger partial charge in [0.15, 0.2) is 0 Å². The van der Waals surface area contributed by atoms with Gasteiger partial charge in [0, 0.05) is 24.5 Å². The fourth-order valence-electron chi connectivity index (χ4n) is 1.12. The number of nitrogens with zero attached hydrogens (tertiary/aromatic N) is 2. The van der Waals surface area contributed by atoms with Crippen LogP contribution in [0.5, 0.6) is 0 Å². The fourth-order valence-corrected chi connectivity index (χ4v) is 1.12. The molecular formula is C11H18N4O. The molecule has 0 radical (unpaired) electrons. The van der Waals surface area contributed by atoms with Crippen molar-refractivity contribution >= 4 is 11.6 Å². The van der Waals surface area contributed by atoms with Crippen molar-refractivity contribution in [1.82, 2.24) is 9.88 Å². The van der Waals surface area contributed by atoms with E-state index in [1.54, 1.807) is 12.3 Å². The highest BCUT2D eigenvalue weighted by Gasteiger charge is 2.05. The van der Waals surface area contributed by atoms with E-state index in [4.69, 9.17) is 5.73 Å². The summed E-state index contributed by atoms with van der Waals surface area (Å²) < 4.78 is 0. The van der Waals surface area contributed by atoms with Gasteiger partial charge in [-0.3, -0.25) is 9.78 Å². The molecule has 1 aromatic heterocycles. The predicted octanol–water partition coefficient (Wildman–Crippen LogP) is 0.542. The summed E-state index contributed by atoms with van der Waals surface area (Å²) in [7, 11) is 4.04. The van der Waals surface area contributed by atoms with Crippen molar-refractivity contribution < 1.29 is 4.79 Å². The van der Waals surface area contributed by atoms with Gasteiger partial charge in [-0.2, -0.15) is 0 Å². The van der Waals surface area contributed by atoms with Crippen LogP contribution in [-0.4, -0.2) is 42.5 Å². The van der Waals surface area contributed by atoms with Gasteiger partial charge in [0.05, 0.1) is 0 Å². The van der Waals surface area contributed by atoms with E-state index in [1.165, 1.54) is 0 Å². The largest absolute Gasteiger partial charge is 0.383 e. The Balaban J connectivity index is 2.61. The molecule has 1 unspecified atom stereocenters. The van der Waals surface area contributed by atoms with Crippen LogP contribution in [0, 0.1) is 0 Å². The number of nitrogens with one attached hydrogen (secondary N) is 1. The summed E-state index contributed by atoms with van der Waals surface area (Å²) in [4.78, 5) is 16.9. The molecule has 0 fully saturated rings. The minimum atomic E-state index is -0.510. The van der Waals surface area contributed by atoms with Gasteiger partial charge in [0.1, 0.15) is 5.69 Å². The highest BCUT2D eigenvalue weighted by atomic mass is 16.1. The number of carbonyl (C=O) groups excluding carboxylic acids is 1. The van der Waals surface area contributed by atoms with Gasteiger partial charge in [-0.15, -0.1) is 0 Å². The predicted molar refractivity (Wildman–Crippen MR) is 64.4 cm³/mol. The van der Waals surface area contributed by atoms with Gasteiger partial charge in [-0.25, -0.2) is 0 Å². The van der Waals surface area contributed by atoms with E-state index >= 15 is 0 Å². The molecule has 1 heterocycles. The van der Waals surface area contributed by atoms with Crippen molar-refractivity contribution in [2.75, 3.05) is 26.0 Å². The Hall–Kier alpha value is -1.62. The van der Waals surface area contributed by atoms with Crippen molar-refractivity contribution in [3.63, 3.8) is 0 Å². The number of anilines is 1. The SMILES string of the molecule is CC(CNc1ccnc(C(N)=O)c1)N(C)C. The van der Waals surface area contributed by atoms with Crippen LogP contribution in [0.3, 0.4) is 0 Å². The zero-order chi connectivity index (χ0) is 12.1. The number of nitrogens with two attached hydrogens (primary N) is 1. The molecule has 3 N–H and O–H groups in total. The van der Waals surface area contributed by atoms with Crippen molar-refractivity contribution in [1.29, 1.82) is 0 Å². The molecule has 16 heavy (non-hydrogen) atoms. The Morgan fingerprint density at radius 3 is 2.88 bits per heavy atom. The Morgan fingerprint density at radius 2 is 2.31 bits per heavy atom. The molecule has 0 aliphatic rings. The van der Waals surface area contributed by atoms with E-state index < -0.39 is 5.91 Å². The third-order valence-corrected chi connectivity index (χ3v) is 2.50. The number of primary amides is 1. The number of carbonyl (C=O) groups is 1. The lowest BCUT2D eigenvalue weighted by Crippen LogP contribution is -2.31. The maximum atomic E-state index is 10.9. The topological polar surface area (TPSA) is 71.2 Å². The van der Waals surface area contributed by atoms with Crippen LogP contribution >= 0.6 is 0 Å². The lowest BCUT2D eigenvalue weighted by atomic mass is 10.2. The number of likely N-dealkylation sites (N-methyl/N-ethyl adjacent to an activating group) is 1. The van der Waals surface area contributed by atoms with Crippen LogP contribution < -0.4 is 11.1 Å². The van der Waals surface area contributed by atoms with E-state index in [1.807, 2.05) is 20.2 Å². The first-order chi connectivity index (χ1) is 7.50. The first-order valence-electron chi connectivity index (χ1n) is 5.17. The Bertz CT molecular complexity index is 365. The van der Waals surface area contributed by atoms with E-state index in [2.05, 4.69) is 22.1 Å². The monoisotopic (exact) mass is 222 g/mol. The molecule has 5 heteroatoms. The van der Waals surface area contributed by atoms with Gasteiger partial charge in [-0.1, -0.05) is 0 Å². The minimum absolute atomic E-state index is 0.280. The number of hydrogen-bond donors (Lipinski definition) is 2. The number of pyridine rings is 1. The Morgan fingerprint density at radius 1 is 1.62 bits per heavy atom. The van der Waals surface area contributed by atoms with Gasteiger partial charge in [-0.05, 0) is 33.2 Å². The summed E-state index contributed by atoms with van der Waals surface area (Å²) in [5.74, 6) is -0.510. The maximum Gasteiger partial charge on any atom is 0.267 e. The minimum Gasteiger partial charge on any atom is -0.383 e. The molecule has 1 amide bonds. The molecule has 88 valence electrons. The molecule has 0 spiro atoms. The standard InChI is InChI=1S/C11H18N4O/c1-8(15(2)3)7-14-9-4-5-13-10(6-9)11(12)16/h4-6,8H,7H2,1-3H3,(H2,12,16)(H,13,14). The average molecular weight is 222 g/mol. The van der Waals surface area contributed by atoms with Crippen molar-refractivity contribution in [2.24, 2.45) is 5.73 Å². The zero-order valence-electron chi connectivity index (χ0n) is 9.90. The summed E-state index contributed by atoms with van der Waals surface area (Å²) in [6.45, 7) is 2.92. The highest BCUT2D eigenvalue weighted by Crippen LogP contribution is 2.07. The van der Waals surface area contributed by atoms with Gasteiger partial charge < -0.3 is 16.0 Å². The molecule has 1 aromatic rings. The lowest BCUT2D eigenvalue weighted by molar-refractivity contribution is 0.0995. The van der Waals surface area contributed by atoms with Crippen LogP contribution in [0.1, 0.15) is 17.4 Å². The summed E-state index contributed by atoms with van der Waals surface area (Å²) in [5, 5.41) is 3.23. The van der Waals surface area contributed by atoms with Gasteiger partial charge in [0.25, 0.3) is 5.91 Å². The van der Waals surface area contributed by atoms with Crippen LogP contribution in [-0.2, 0) is 0 Å².